The zero-order valence-electron chi connectivity index (χ0n) is 9.93. The van der Waals surface area contributed by atoms with Crippen molar-refractivity contribution in [1.82, 2.24) is 15.0 Å². The van der Waals surface area contributed by atoms with E-state index in [1.54, 1.807) is 6.92 Å². The van der Waals surface area contributed by atoms with Crippen molar-refractivity contribution in [3.05, 3.63) is 11.7 Å². The monoisotopic (exact) mass is 226 g/mol. The average Bonchev–Trinajstić information content (AvgIpc) is 2.48. The summed E-state index contributed by atoms with van der Waals surface area (Å²) in [5.41, 5.74) is 5.18. The first-order valence-electron chi connectivity index (χ1n) is 5.27. The van der Waals surface area contributed by atoms with Gasteiger partial charge < -0.3 is 10.3 Å². The smallest absolute Gasteiger partial charge is 0.240 e. The molecule has 16 heavy (non-hydrogen) atoms. The number of carbonyl (C=O) groups excluding carboxylic acids is 1. The molecule has 0 bridgehead atoms. The van der Waals surface area contributed by atoms with E-state index in [2.05, 4.69) is 24.0 Å². The van der Waals surface area contributed by atoms with E-state index in [1.165, 1.54) is 0 Å². The summed E-state index contributed by atoms with van der Waals surface area (Å²) in [5, 5.41) is 3.70. The first-order chi connectivity index (χ1) is 7.47. The lowest BCUT2D eigenvalue weighted by atomic mass is 10.2. The highest BCUT2D eigenvalue weighted by molar-refractivity contribution is 5.75. The van der Waals surface area contributed by atoms with Crippen molar-refractivity contribution in [3.63, 3.8) is 0 Å². The lowest BCUT2D eigenvalue weighted by Crippen LogP contribution is -2.35. The minimum absolute atomic E-state index is 0.208. The molecule has 1 rings (SSSR count). The van der Waals surface area contributed by atoms with Crippen LogP contribution in [-0.2, 0) is 11.3 Å². The summed E-state index contributed by atoms with van der Waals surface area (Å²) >= 11 is 0. The second-order valence-electron chi connectivity index (χ2n) is 4.27. The van der Waals surface area contributed by atoms with Crippen LogP contribution in [0.25, 0.3) is 0 Å². The number of hydrogen-bond donors (Lipinski definition) is 1. The Bertz CT molecular complexity index is 348. The first-order valence-corrected chi connectivity index (χ1v) is 5.27. The second kappa shape index (κ2) is 5.60. The number of nitrogens with two attached hydrogens (primary N) is 1. The van der Waals surface area contributed by atoms with Crippen molar-refractivity contribution in [2.24, 2.45) is 11.7 Å². The van der Waals surface area contributed by atoms with Gasteiger partial charge in [-0.3, -0.25) is 9.69 Å². The highest BCUT2D eigenvalue weighted by Gasteiger charge is 2.14. The molecule has 1 aromatic heterocycles. The molecule has 0 saturated heterocycles. The molecule has 6 nitrogen and oxygen atoms in total. The summed E-state index contributed by atoms with van der Waals surface area (Å²) in [6.07, 6.45) is 0. The van der Waals surface area contributed by atoms with Gasteiger partial charge in [0.2, 0.25) is 11.8 Å². The maximum absolute atomic E-state index is 10.9. The third kappa shape index (κ3) is 4.39. The highest BCUT2D eigenvalue weighted by atomic mass is 16.5. The van der Waals surface area contributed by atoms with Gasteiger partial charge in [0.25, 0.3) is 0 Å². The maximum atomic E-state index is 10.9. The molecular weight excluding hydrogens is 208 g/mol. The van der Waals surface area contributed by atoms with Crippen LogP contribution in [0.1, 0.15) is 25.6 Å². The van der Waals surface area contributed by atoms with Gasteiger partial charge in [-0.1, -0.05) is 19.0 Å². The van der Waals surface area contributed by atoms with Gasteiger partial charge in [-0.25, -0.2) is 0 Å². The Morgan fingerprint density at radius 1 is 1.56 bits per heavy atom. The minimum Gasteiger partial charge on any atom is -0.369 e. The molecule has 90 valence electrons. The molecule has 0 saturated carbocycles. The van der Waals surface area contributed by atoms with Gasteiger partial charge in [-0.2, -0.15) is 4.98 Å². The van der Waals surface area contributed by atoms with Crippen LogP contribution in [0, 0.1) is 12.8 Å². The molecule has 6 heteroatoms. The summed E-state index contributed by atoms with van der Waals surface area (Å²) in [5.74, 6) is 1.21. The fourth-order valence-electron chi connectivity index (χ4n) is 1.52. The highest BCUT2D eigenvalue weighted by Crippen LogP contribution is 2.05. The van der Waals surface area contributed by atoms with Crippen LogP contribution in [0.4, 0.5) is 0 Å². The molecule has 1 amide bonds. The van der Waals surface area contributed by atoms with E-state index in [4.69, 9.17) is 10.3 Å². The maximum Gasteiger partial charge on any atom is 0.240 e. The molecule has 0 fully saturated rings. The van der Waals surface area contributed by atoms with Crippen molar-refractivity contribution in [2.75, 3.05) is 13.1 Å². The van der Waals surface area contributed by atoms with Crippen molar-refractivity contribution in [1.29, 1.82) is 0 Å². The van der Waals surface area contributed by atoms with Crippen LogP contribution in [0.5, 0.6) is 0 Å². The Balaban J connectivity index is 2.58. The van der Waals surface area contributed by atoms with Gasteiger partial charge in [-0.15, -0.1) is 0 Å². The average molecular weight is 226 g/mol. The van der Waals surface area contributed by atoms with E-state index in [0.717, 1.165) is 6.54 Å². The zero-order valence-corrected chi connectivity index (χ0v) is 9.93. The number of nitrogens with zero attached hydrogens (tertiary/aromatic N) is 3. The van der Waals surface area contributed by atoms with E-state index in [-0.39, 0.29) is 12.5 Å². The summed E-state index contributed by atoms with van der Waals surface area (Å²) < 4.78 is 5.00. The van der Waals surface area contributed by atoms with Gasteiger partial charge in [0.05, 0.1) is 13.1 Å². The minimum atomic E-state index is -0.350. The molecule has 0 aromatic carbocycles. The predicted molar refractivity (Wildman–Crippen MR) is 58.3 cm³/mol. The number of hydrogen-bond acceptors (Lipinski definition) is 5. The largest absolute Gasteiger partial charge is 0.369 e. The van der Waals surface area contributed by atoms with E-state index in [9.17, 15) is 4.79 Å². The van der Waals surface area contributed by atoms with E-state index < -0.39 is 0 Å². The van der Waals surface area contributed by atoms with Crippen LogP contribution in [0.2, 0.25) is 0 Å². The Labute approximate surface area is 94.8 Å². The Morgan fingerprint density at radius 2 is 2.25 bits per heavy atom. The summed E-state index contributed by atoms with van der Waals surface area (Å²) in [7, 11) is 0. The Morgan fingerprint density at radius 3 is 2.69 bits per heavy atom. The van der Waals surface area contributed by atoms with Gasteiger partial charge in [-0.05, 0) is 12.8 Å². The van der Waals surface area contributed by atoms with Gasteiger partial charge in [0.1, 0.15) is 0 Å². The molecule has 0 unspecified atom stereocenters. The lowest BCUT2D eigenvalue weighted by molar-refractivity contribution is -0.119. The number of primary amides is 1. The van der Waals surface area contributed by atoms with Crippen molar-refractivity contribution in [3.8, 4) is 0 Å². The molecule has 0 aliphatic carbocycles. The number of aromatic nitrogens is 2. The molecule has 0 aliphatic rings. The molecular formula is C10H18N4O2. The number of carbonyl (C=O) groups is 1. The Kier molecular flexibility index (Phi) is 4.42. The third-order valence-corrected chi connectivity index (χ3v) is 1.93. The van der Waals surface area contributed by atoms with Gasteiger partial charge >= 0.3 is 0 Å². The summed E-state index contributed by atoms with van der Waals surface area (Å²) in [4.78, 5) is 16.9. The lowest BCUT2D eigenvalue weighted by Gasteiger charge is -2.20. The molecule has 1 aromatic rings. The molecule has 2 N–H and O–H groups in total. The molecule has 0 radical (unpaired) electrons. The van der Waals surface area contributed by atoms with Crippen LogP contribution in [0.15, 0.2) is 4.52 Å². The molecule has 0 atom stereocenters. The van der Waals surface area contributed by atoms with Gasteiger partial charge in [0, 0.05) is 6.54 Å². The quantitative estimate of drug-likeness (QED) is 0.755. The fourth-order valence-corrected chi connectivity index (χ4v) is 1.52. The first kappa shape index (κ1) is 12.6. The van der Waals surface area contributed by atoms with Gasteiger partial charge in [0.15, 0.2) is 5.82 Å². The van der Waals surface area contributed by atoms with Crippen molar-refractivity contribution >= 4 is 5.91 Å². The SMILES string of the molecule is Cc1noc(CN(CC(N)=O)CC(C)C)n1. The standard InChI is InChI=1S/C10H18N4O2/c1-7(2)4-14(5-9(11)15)6-10-12-8(3)13-16-10/h7H,4-6H2,1-3H3,(H2,11,15). The van der Waals surface area contributed by atoms with E-state index in [0.29, 0.717) is 24.2 Å². The normalized spacial score (nSPS) is 11.3. The molecule has 0 spiro atoms. The number of aryl methyl sites for hydroxylation is 1. The molecule has 1 heterocycles. The third-order valence-electron chi connectivity index (χ3n) is 1.93. The zero-order chi connectivity index (χ0) is 12.1. The van der Waals surface area contributed by atoms with Crippen LogP contribution < -0.4 is 5.73 Å². The number of amides is 1. The van der Waals surface area contributed by atoms with Crippen LogP contribution >= 0.6 is 0 Å². The Hall–Kier alpha value is -1.43. The van der Waals surface area contributed by atoms with Crippen LogP contribution in [-0.4, -0.2) is 34.0 Å². The second-order valence-corrected chi connectivity index (χ2v) is 4.27. The predicted octanol–water partition coefficient (Wildman–Crippen LogP) is 0.321. The topological polar surface area (TPSA) is 85.3 Å². The van der Waals surface area contributed by atoms with Crippen molar-refractivity contribution in [2.45, 2.75) is 27.3 Å². The summed E-state index contributed by atoms with van der Waals surface area (Å²) in [6.45, 7) is 7.35. The van der Waals surface area contributed by atoms with E-state index >= 15 is 0 Å². The summed E-state index contributed by atoms with van der Waals surface area (Å²) in [6, 6.07) is 0. The molecule has 0 aliphatic heterocycles. The van der Waals surface area contributed by atoms with E-state index in [1.807, 2.05) is 4.90 Å². The van der Waals surface area contributed by atoms with Crippen LogP contribution in [0.3, 0.4) is 0 Å². The fraction of sp³-hybridized carbons (Fsp3) is 0.700. The van der Waals surface area contributed by atoms with Crippen molar-refractivity contribution < 1.29 is 9.32 Å². The number of rotatable bonds is 6.